The number of aromatic nitrogens is 2. The van der Waals surface area contributed by atoms with Crippen molar-refractivity contribution in [2.75, 3.05) is 11.9 Å². The number of nitrogens with one attached hydrogen (secondary N) is 2. The van der Waals surface area contributed by atoms with E-state index in [0.29, 0.717) is 24.1 Å². The molecule has 138 valence electrons. The van der Waals surface area contributed by atoms with Crippen molar-refractivity contribution in [1.29, 1.82) is 0 Å². The van der Waals surface area contributed by atoms with E-state index >= 15 is 0 Å². The van der Waals surface area contributed by atoms with Gasteiger partial charge < -0.3 is 15.4 Å². The summed E-state index contributed by atoms with van der Waals surface area (Å²) >= 11 is 5.86. The maximum absolute atomic E-state index is 12.3. The quantitative estimate of drug-likeness (QED) is 0.640. The molecule has 0 spiro atoms. The summed E-state index contributed by atoms with van der Waals surface area (Å²) < 4.78 is 5.41. The molecule has 1 aromatic heterocycles. The van der Waals surface area contributed by atoms with E-state index < -0.39 is 0 Å². The van der Waals surface area contributed by atoms with Crippen LogP contribution in [0.4, 0.5) is 11.6 Å². The molecule has 0 saturated heterocycles. The lowest BCUT2D eigenvalue weighted by Gasteiger charge is -2.08. The summed E-state index contributed by atoms with van der Waals surface area (Å²) in [7, 11) is 0. The van der Waals surface area contributed by atoms with Gasteiger partial charge in [-0.3, -0.25) is 4.79 Å². The van der Waals surface area contributed by atoms with Gasteiger partial charge in [0, 0.05) is 23.5 Å². The molecule has 2 N–H and O–H groups in total. The summed E-state index contributed by atoms with van der Waals surface area (Å²) in [5.41, 5.74) is 2.04. The lowest BCUT2D eigenvalue weighted by atomic mass is 10.2. The molecule has 0 radical (unpaired) electrons. The van der Waals surface area contributed by atoms with Crippen molar-refractivity contribution in [1.82, 2.24) is 15.3 Å². The maximum Gasteiger partial charge on any atom is 0.270 e. The van der Waals surface area contributed by atoms with Crippen LogP contribution in [-0.2, 0) is 6.54 Å². The van der Waals surface area contributed by atoms with E-state index in [2.05, 4.69) is 20.6 Å². The smallest absolute Gasteiger partial charge is 0.270 e. The van der Waals surface area contributed by atoms with Gasteiger partial charge in [-0.2, -0.15) is 0 Å². The van der Waals surface area contributed by atoms with Gasteiger partial charge in [-0.1, -0.05) is 23.7 Å². The Morgan fingerprint density at radius 2 is 1.81 bits per heavy atom. The molecule has 0 saturated carbocycles. The average Bonchev–Trinajstić information content (AvgIpc) is 2.69. The Balaban J connectivity index is 1.62. The molecule has 2 aromatic carbocycles. The number of ether oxygens (including phenoxy) is 1. The summed E-state index contributed by atoms with van der Waals surface area (Å²) in [5, 5.41) is 6.56. The van der Waals surface area contributed by atoms with Gasteiger partial charge in [-0.15, -0.1) is 0 Å². The van der Waals surface area contributed by atoms with Gasteiger partial charge in [0.2, 0.25) is 5.95 Å². The summed E-state index contributed by atoms with van der Waals surface area (Å²) in [4.78, 5) is 20.8. The van der Waals surface area contributed by atoms with Crippen molar-refractivity contribution >= 4 is 29.1 Å². The molecule has 3 aromatic rings. The fraction of sp³-hybridized carbons (Fsp3) is 0.150. The maximum atomic E-state index is 12.3. The van der Waals surface area contributed by atoms with Crippen molar-refractivity contribution in [3.63, 3.8) is 0 Å². The first-order valence-corrected chi connectivity index (χ1v) is 8.87. The van der Waals surface area contributed by atoms with Gasteiger partial charge in [0.1, 0.15) is 11.4 Å². The topological polar surface area (TPSA) is 76.1 Å². The summed E-state index contributed by atoms with van der Waals surface area (Å²) in [6, 6.07) is 16.3. The highest BCUT2D eigenvalue weighted by atomic mass is 35.5. The monoisotopic (exact) mass is 382 g/mol. The van der Waals surface area contributed by atoms with Crippen LogP contribution in [0.5, 0.6) is 5.75 Å². The summed E-state index contributed by atoms with van der Waals surface area (Å²) in [5.74, 6) is 0.861. The van der Waals surface area contributed by atoms with Crippen LogP contribution in [0.1, 0.15) is 23.0 Å². The first-order valence-electron chi connectivity index (χ1n) is 8.49. The van der Waals surface area contributed by atoms with Gasteiger partial charge in [-0.05, 0) is 55.0 Å². The molecule has 0 aliphatic rings. The number of carbonyl (C=O) groups excluding carboxylic acids is 1. The van der Waals surface area contributed by atoms with Crippen LogP contribution < -0.4 is 15.4 Å². The molecule has 0 unspecified atom stereocenters. The summed E-state index contributed by atoms with van der Waals surface area (Å²) in [6.45, 7) is 2.94. The third kappa shape index (κ3) is 5.43. The number of amides is 1. The van der Waals surface area contributed by atoms with Crippen LogP contribution in [0.2, 0.25) is 5.02 Å². The number of hydrogen-bond acceptors (Lipinski definition) is 5. The normalized spacial score (nSPS) is 10.3. The van der Waals surface area contributed by atoms with E-state index in [0.717, 1.165) is 17.0 Å². The molecule has 1 amide bonds. The number of hydrogen-bond donors (Lipinski definition) is 2. The van der Waals surface area contributed by atoms with E-state index in [1.807, 2.05) is 43.3 Å². The van der Waals surface area contributed by atoms with Crippen LogP contribution in [-0.4, -0.2) is 22.5 Å². The molecular weight excluding hydrogens is 364 g/mol. The first-order chi connectivity index (χ1) is 13.1. The molecule has 0 fully saturated rings. The molecule has 7 heteroatoms. The number of carbonyl (C=O) groups is 1. The van der Waals surface area contributed by atoms with E-state index in [4.69, 9.17) is 16.3 Å². The van der Waals surface area contributed by atoms with Crippen LogP contribution in [0.15, 0.2) is 60.8 Å². The van der Waals surface area contributed by atoms with E-state index in [1.54, 1.807) is 24.4 Å². The molecule has 27 heavy (non-hydrogen) atoms. The molecule has 0 bridgehead atoms. The zero-order chi connectivity index (χ0) is 19.1. The Morgan fingerprint density at radius 3 is 2.52 bits per heavy atom. The standard InChI is InChI=1S/C20H19ClN4O2/c1-2-27-17-9-7-16(8-10-17)24-20-22-12-11-18(25-20)19(26)23-13-14-3-5-15(21)6-4-14/h3-12H,2,13H2,1H3,(H,23,26)(H,22,24,25). The van der Waals surface area contributed by atoms with Crippen LogP contribution in [0, 0.1) is 0 Å². The Morgan fingerprint density at radius 1 is 1.07 bits per heavy atom. The van der Waals surface area contributed by atoms with Gasteiger partial charge in [0.25, 0.3) is 5.91 Å². The molecule has 6 nitrogen and oxygen atoms in total. The van der Waals surface area contributed by atoms with Crippen molar-refractivity contribution < 1.29 is 9.53 Å². The van der Waals surface area contributed by atoms with Crippen LogP contribution in [0.25, 0.3) is 0 Å². The highest BCUT2D eigenvalue weighted by molar-refractivity contribution is 6.30. The van der Waals surface area contributed by atoms with Gasteiger partial charge in [0.15, 0.2) is 0 Å². The SMILES string of the molecule is CCOc1ccc(Nc2nccc(C(=O)NCc3ccc(Cl)cc3)n2)cc1. The molecule has 3 rings (SSSR count). The number of benzene rings is 2. The zero-order valence-electron chi connectivity index (χ0n) is 14.8. The second kappa shape index (κ2) is 9.00. The van der Waals surface area contributed by atoms with Crippen LogP contribution >= 0.6 is 11.6 Å². The molecule has 0 aliphatic heterocycles. The lowest BCUT2D eigenvalue weighted by molar-refractivity contribution is 0.0946. The molecular formula is C20H19ClN4O2. The van der Waals surface area contributed by atoms with Crippen LogP contribution in [0.3, 0.4) is 0 Å². The second-order valence-corrected chi connectivity index (χ2v) is 6.09. The third-order valence-electron chi connectivity index (χ3n) is 3.68. The second-order valence-electron chi connectivity index (χ2n) is 5.66. The van der Waals surface area contributed by atoms with Crippen molar-refractivity contribution in [2.45, 2.75) is 13.5 Å². The van der Waals surface area contributed by atoms with E-state index in [9.17, 15) is 4.79 Å². The van der Waals surface area contributed by atoms with Crippen molar-refractivity contribution in [3.05, 3.63) is 77.1 Å². The average molecular weight is 383 g/mol. The van der Waals surface area contributed by atoms with Crippen molar-refractivity contribution in [2.24, 2.45) is 0 Å². The van der Waals surface area contributed by atoms with Gasteiger partial charge >= 0.3 is 0 Å². The fourth-order valence-corrected chi connectivity index (χ4v) is 2.48. The zero-order valence-corrected chi connectivity index (χ0v) is 15.5. The number of rotatable bonds is 7. The largest absolute Gasteiger partial charge is 0.494 e. The Labute approximate surface area is 162 Å². The first kappa shape index (κ1) is 18.7. The number of anilines is 2. The van der Waals surface area contributed by atoms with E-state index in [-0.39, 0.29) is 11.6 Å². The van der Waals surface area contributed by atoms with E-state index in [1.165, 1.54) is 0 Å². The minimum atomic E-state index is -0.276. The Bertz CT molecular complexity index is 899. The number of nitrogens with zero attached hydrogens (tertiary/aromatic N) is 2. The number of halogens is 1. The summed E-state index contributed by atoms with van der Waals surface area (Å²) in [6.07, 6.45) is 1.54. The predicted molar refractivity (Wildman–Crippen MR) is 106 cm³/mol. The highest BCUT2D eigenvalue weighted by Crippen LogP contribution is 2.18. The lowest BCUT2D eigenvalue weighted by Crippen LogP contribution is -2.24. The Hall–Kier alpha value is -3.12. The van der Waals surface area contributed by atoms with Gasteiger partial charge in [-0.25, -0.2) is 9.97 Å². The Kier molecular flexibility index (Phi) is 6.22. The van der Waals surface area contributed by atoms with Gasteiger partial charge in [0.05, 0.1) is 6.61 Å². The minimum Gasteiger partial charge on any atom is -0.494 e. The fourth-order valence-electron chi connectivity index (χ4n) is 2.35. The third-order valence-corrected chi connectivity index (χ3v) is 3.93. The minimum absolute atomic E-state index is 0.276. The molecule has 0 atom stereocenters. The predicted octanol–water partition coefficient (Wildman–Crippen LogP) is 4.20. The van der Waals surface area contributed by atoms with Crippen molar-refractivity contribution in [3.8, 4) is 5.75 Å². The highest BCUT2D eigenvalue weighted by Gasteiger charge is 2.09. The molecule has 0 aliphatic carbocycles. The molecule has 1 heterocycles.